The molecule has 38 heavy (non-hydrogen) atoms. The van der Waals surface area contributed by atoms with Gasteiger partial charge in [-0.3, -0.25) is 14.9 Å². The van der Waals surface area contributed by atoms with Gasteiger partial charge in [0.25, 0.3) is 0 Å². The lowest BCUT2D eigenvalue weighted by molar-refractivity contribution is -0.116. The lowest BCUT2D eigenvalue weighted by Crippen LogP contribution is -2.13. The number of amides is 1. The molecule has 0 unspecified atom stereocenters. The molecule has 5 aromatic rings. The smallest absolute Gasteiger partial charge is 0.224 e. The number of anilines is 1. The van der Waals surface area contributed by atoms with Gasteiger partial charge in [0.2, 0.25) is 5.91 Å². The van der Waals surface area contributed by atoms with Crippen LogP contribution >= 0.6 is 0 Å². The van der Waals surface area contributed by atoms with E-state index in [-0.39, 0.29) is 17.6 Å². The Morgan fingerprint density at radius 1 is 1.11 bits per heavy atom. The summed E-state index contributed by atoms with van der Waals surface area (Å²) in [4.78, 5) is 29.4. The lowest BCUT2D eigenvalue weighted by Gasteiger charge is -2.12. The van der Waals surface area contributed by atoms with Crippen molar-refractivity contribution in [2.45, 2.75) is 33.1 Å². The van der Waals surface area contributed by atoms with E-state index in [4.69, 9.17) is 4.98 Å². The van der Waals surface area contributed by atoms with E-state index in [9.17, 15) is 9.18 Å². The highest BCUT2D eigenvalue weighted by atomic mass is 19.1. The number of aromatic nitrogens is 6. The van der Waals surface area contributed by atoms with E-state index in [0.29, 0.717) is 23.6 Å². The summed E-state index contributed by atoms with van der Waals surface area (Å²) in [7, 11) is 0. The normalized spacial score (nSPS) is 13.0. The SMILES string of the molecule is CC(C)CC(=O)Nc1cncc(-c2cnc3n[nH]c(-c4nc5c([nH]4)CCC=C5c4cccc(F)c4)c3c2)c1. The Morgan fingerprint density at radius 3 is 2.82 bits per heavy atom. The fourth-order valence-electron chi connectivity index (χ4n) is 4.79. The molecule has 8 nitrogen and oxygen atoms in total. The molecule has 3 N–H and O–H groups in total. The second-order valence-corrected chi connectivity index (χ2v) is 9.88. The number of benzene rings is 1. The van der Waals surface area contributed by atoms with Gasteiger partial charge in [0.1, 0.15) is 11.5 Å². The van der Waals surface area contributed by atoms with Gasteiger partial charge in [-0.25, -0.2) is 14.4 Å². The number of rotatable bonds is 6. The average Bonchev–Trinajstić information content (AvgIpc) is 3.52. The van der Waals surface area contributed by atoms with Crippen LogP contribution in [-0.4, -0.2) is 36.0 Å². The zero-order chi connectivity index (χ0) is 26.2. The third-order valence-electron chi connectivity index (χ3n) is 6.51. The van der Waals surface area contributed by atoms with Gasteiger partial charge in [0.15, 0.2) is 11.5 Å². The molecule has 0 bridgehead atoms. The number of pyridine rings is 2. The van der Waals surface area contributed by atoms with Crippen molar-refractivity contribution >= 4 is 28.2 Å². The van der Waals surface area contributed by atoms with Crippen LogP contribution in [0.1, 0.15) is 43.6 Å². The third kappa shape index (κ3) is 4.58. The molecule has 0 radical (unpaired) electrons. The molecule has 1 aliphatic rings. The standard InChI is InChI=1S/C29H26FN7O/c1-16(2)9-25(38)33-21-11-18(13-31-15-21)19-12-23-27(36-37-28(23)32-14-19)29-34-24-8-4-7-22(26(24)35-29)17-5-3-6-20(30)10-17/h3,5-7,10-16H,4,8-9H2,1-2H3,(H,33,38)(H,34,35)(H,32,36,37). The first-order valence-electron chi connectivity index (χ1n) is 12.6. The minimum atomic E-state index is -0.275. The number of imidazole rings is 1. The van der Waals surface area contributed by atoms with Crippen molar-refractivity contribution in [3.63, 3.8) is 0 Å². The van der Waals surface area contributed by atoms with E-state index in [1.54, 1.807) is 24.7 Å². The number of allylic oxidation sites excluding steroid dienone is 1. The number of carbonyl (C=O) groups excluding carboxylic acids is 1. The van der Waals surface area contributed by atoms with Crippen LogP contribution in [0.15, 0.2) is 61.1 Å². The Kier molecular flexibility index (Phi) is 6.03. The molecule has 6 rings (SSSR count). The Morgan fingerprint density at radius 2 is 1.97 bits per heavy atom. The number of fused-ring (bicyclic) bond motifs is 2. The minimum absolute atomic E-state index is 0.0434. The highest BCUT2D eigenvalue weighted by molar-refractivity contribution is 5.94. The summed E-state index contributed by atoms with van der Waals surface area (Å²) in [6.07, 6.45) is 9.31. The van der Waals surface area contributed by atoms with Crippen LogP contribution in [0.2, 0.25) is 0 Å². The fraction of sp³-hybridized carbons (Fsp3) is 0.207. The van der Waals surface area contributed by atoms with Crippen LogP contribution in [-0.2, 0) is 11.2 Å². The predicted molar refractivity (Wildman–Crippen MR) is 145 cm³/mol. The number of H-pyrrole nitrogens is 2. The average molecular weight is 508 g/mol. The lowest BCUT2D eigenvalue weighted by atomic mass is 9.94. The van der Waals surface area contributed by atoms with Gasteiger partial charge in [0, 0.05) is 41.2 Å². The van der Waals surface area contributed by atoms with Crippen molar-refractivity contribution in [1.82, 2.24) is 30.1 Å². The second-order valence-electron chi connectivity index (χ2n) is 9.88. The molecule has 190 valence electrons. The van der Waals surface area contributed by atoms with Crippen LogP contribution in [0, 0.1) is 11.7 Å². The highest BCUT2D eigenvalue weighted by Gasteiger charge is 2.22. The van der Waals surface area contributed by atoms with Gasteiger partial charge in [-0.2, -0.15) is 5.10 Å². The van der Waals surface area contributed by atoms with Gasteiger partial charge in [-0.15, -0.1) is 0 Å². The van der Waals surface area contributed by atoms with Crippen molar-refractivity contribution < 1.29 is 9.18 Å². The molecular weight excluding hydrogens is 481 g/mol. The second kappa shape index (κ2) is 9.66. The number of aromatic amines is 2. The van der Waals surface area contributed by atoms with Crippen molar-refractivity contribution in [2.24, 2.45) is 5.92 Å². The first-order chi connectivity index (χ1) is 18.4. The van der Waals surface area contributed by atoms with Crippen molar-refractivity contribution in [3.8, 4) is 22.6 Å². The van der Waals surface area contributed by atoms with E-state index in [1.807, 2.05) is 32.0 Å². The molecule has 4 aromatic heterocycles. The summed E-state index contributed by atoms with van der Waals surface area (Å²) in [5.41, 5.74) is 7.11. The molecule has 1 aromatic carbocycles. The number of hydrogen-bond acceptors (Lipinski definition) is 5. The Hall–Kier alpha value is -4.66. The first kappa shape index (κ1) is 23.7. The van der Waals surface area contributed by atoms with Crippen LogP contribution in [0.4, 0.5) is 10.1 Å². The van der Waals surface area contributed by atoms with Crippen LogP contribution in [0.5, 0.6) is 0 Å². The van der Waals surface area contributed by atoms with Gasteiger partial charge in [-0.1, -0.05) is 32.1 Å². The Labute approximate surface area is 218 Å². The molecule has 1 aliphatic carbocycles. The number of carbonyl (C=O) groups is 1. The van der Waals surface area contributed by atoms with Gasteiger partial charge < -0.3 is 10.3 Å². The fourth-order valence-corrected chi connectivity index (χ4v) is 4.79. The monoisotopic (exact) mass is 507 g/mol. The minimum Gasteiger partial charge on any atom is -0.340 e. The van der Waals surface area contributed by atoms with Gasteiger partial charge >= 0.3 is 0 Å². The first-order valence-corrected chi connectivity index (χ1v) is 12.6. The van der Waals surface area contributed by atoms with Crippen molar-refractivity contribution in [1.29, 1.82) is 0 Å². The number of nitrogens with one attached hydrogen (secondary N) is 3. The van der Waals surface area contributed by atoms with Crippen molar-refractivity contribution in [2.75, 3.05) is 5.32 Å². The molecular formula is C29H26FN7O. The van der Waals surface area contributed by atoms with Crippen molar-refractivity contribution in [3.05, 3.63) is 83.8 Å². The summed E-state index contributed by atoms with van der Waals surface area (Å²) in [6, 6.07) is 10.5. The molecule has 0 saturated carbocycles. The molecule has 0 aliphatic heterocycles. The maximum absolute atomic E-state index is 13.9. The van der Waals surface area contributed by atoms with Gasteiger partial charge in [-0.05, 0) is 48.6 Å². The van der Waals surface area contributed by atoms with E-state index in [0.717, 1.165) is 57.6 Å². The maximum atomic E-state index is 13.9. The maximum Gasteiger partial charge on any atom is 0.224 e. The van der Waals surface area contributed by atoms with Crippen LogP contribution in [0.25, 0.3) is 39.3 Å². The van der Waals surface area contributed by atoms with E-state index in [2.05, 4.69) is 36.5 Å². The van der Waals surface area contributed by atoms with E-state index >= 15 is 0 Å². The quantitative estimate of drug-likeness (QED) is 0.264. The molecule has 9 heteroatoms. The largest absolute Gasteiger partial charge is 0.340 e. The summed E-state index contributed by atoms with van der Waals surface area (Å²) >= 11 is 0. The summed E-state index contributed by atoms with van der Waals surface area (Å²) in [5.74, 6) is 0.596. The van der Waals surface area contributed by atoms with Gasteiger partial charge in [0.05, 0.1) is 23.0 Å². The molecule has 0 spiro atoms. The number of hydrogen-bond donors (Lipinski definition) is 3. The number of nitrogens with zero attached hydrogens (tertiary/aromatic N) is 4. The molecule has 0 saturated heterocycles. The van der Waals surface area contributed by atoms with E-state index in [1.165, 1.54) is 12.1 Å². The van der Waals surface area contributed by atoms with Crippen LogP contribution in [0.3, 0.4) is 0 Å². The zero-order valence-electron chi connectivity index (χ0n) is 21.0. The third-order valence-corrected chi connectivity index (χ3v) is 6.51. The topological polar surface area (TPSA) is 112 Å². The zero-order valence-corrected chi connectivity index (χ0v) is 21.0. The number of halogens is 1. The molecule has 1 amide bonds. The molecule has 0 atom stereocenters. The molecule has 4 heterocycles. The highest BCUT2D eigenvalue weighted by Crippen LogP contribution is 2.34. The summed E-state index contributed by atoms with van der Waals surface area (Å²) < 4.78 is 13.9. The van der Waals surface area contributed by atoms with E-state index < -0.39 is 0 Å². The molecule has 0 fully saturated rings. The Balaban J connectivity index is 1.34. The van der Waals surface area contributed by atoms with Crippen LogP contribution < -0.4 is 5.32 Å². The number of aryl methyl sites for hydroxylation is 1. The summed E-state index contributed by atoms with van der Waals surface area (Å²) in [6.45, 7) is 4.01. The summed E-state index contributed by atoms with van der Waals surface area (Å²) in [5, 5.41) is 11.2. The Bertz CT molecular complexity index is 1700. The predicted octanol–water partition coefficient (Wildman–Crippen LogP) is 5.91.